The third-order valence-electron chi connectivity index (χ3n) is 6.39. The molecule has 1 saturated carbocycles. The SMILES string of the molecule is O=C([C@H]1CC[C@H](Nc2ncc3ncnc(Nc4ccc(F)c(Cl)c4)c3n2)CC1)N1CCCC1. The van der Waals surface area contributed by atoms with Crippen molar-refractivity contribution in [2.45, 2.75) is 44.6 Å². The summed E-state index contributed by atoms with van der Waals surface area (Å²) in [5, 5.41) is 6.56. The molecule has 0 radical (unpaired) electrons. The second kappa shape index (κ2) is 9.43. The zero-order valence-corrected chi connectivity index (χ0v) is 18.9. The maximum atomic E-state index is 13.5. The highest BCUT2D eigenvalue weighted by Crippen LogP contribution is 2.29. The number of aromatic nitrogens is 4. The van der Waals surface area contributed by atoms with E-state index in [1.807, 2.05) is 4.90 Å². The van der Waals surface area contributed by atoms with Gasteiger partial charge in [0.1, 0.15) is 23.2 Å². The van der Waals surface area contributed by atoms with Crippen molar-refractivity contribution >= 4 is 46.0 Å². The number of anilines is 3. The zero-order chi connectivity index (χ0) is 22.8. The lowest BCUT2D eigenvalue weighted by atomic mass is 9.85. The Morgan fingerprint density at radius 3 is 2.64 bits per heavy atom. The van der Waals surface area contributed by atoms with Crippen LogP contribution in [0.5, 0.6) is 0 Å². The van der Waals surface area contributed by atoms with Gasteiger partial charge in [0.25, 0.3) is 0 Å². The van der Waals surface area contributed by atoms with Crippen LogP contribution in [0.3, 0.4) is 0 Å². The minimum atomic E-state index is -0.486. The molecule has 3 heterocycles. The predicted octanol–water partition coefficient (Wildman–Crippen LogP) is 4.55. The largest absolute Gasteiger partial charge is 0.351 e. The van der Waals surface area contributed by atoms with E-state index in [0.29, 0.717) is 34.4 Å². The Morgan fingerprint density at radius 1 is 1.09 bits per heavy atom. The smallest absolute Gasteiger partial charge is 0.225 e. The van der Waals surface area contributed by atoms with Crippen LogP contribution in [-0.4, -0.2) is 49.9 Å². The highest BCUT2D eigenvalue weighted by molar-refractivity contribution is 6.31. The van der Waals surface area contributed by atoms with Gasteiger partial charge in [-0.05, 0) is 56.7 Å². The Balaban J connectivity index is 1.27. The molecule has 0 spiro atoms. The number of benzene rings is 1. The minimum Gasteiger partial charge on any atom is -0.351 e. The standard InChI is InChI=1S/C23H25ClFN7O/c24-17-11-16(7-8-18(17)25)29-21-20-19(27-13-28-21)12-26-23(31-20)30-15-5-3-14(4-6-15)22(33)32-9-1-2-10-32/h7-8,11-15H,1-6,9-10H2,(H,26,30,31)(H,27,28,29)/t14-,15-. The maximum Gasteiger partial charge on any atom is 0.225 e. The summed E-state index contributed by atoms with van der Waals surface area (Å²) in [4.78, 5) is 32.3. The van der Waals surface area contributed by atoms with Crippen LogP contribution in [0.4, 0.5) is 21.8 Å². The molecule has 1 saturated heterocycles. The minimum absolute atomic E-state index is 0.0224. The number of rotatable bonds is 5. The normalized spacial score (nSPS) is 20.7. The highest BCUT2D eigenvalue weighted by Gasteiger charge is 2.30. The van der Waals surface area contributed by atoms with Gasteiger partial charge < -0.3 is 15.5 Å². The highest BCUT2D eigenvalue weighted by atomic mass is 35.5. The van der Waals surface area contributed by atoms with Crippen LogP contribution in [0.1, 0.15) is 38.5 Å². The van der Waals surface area contributed by atoms with Gasteiger partial charge in [-0.15, -0.1) is 0 Å². The summed E-state index contributed by atoms with van der Waals surface area (Å²) >= 11 is 5.89. The molecule has 10 heteroatoms. The summed E-state index contributed by atoms with van der Waals surface area (Å²) in [7, 11) is 0. The summed E-state index contributed by atoms with van der Waals surface area (Å²) < 4.78 is 13.5. The molecular formula is C23H25ClFN7O. The van der Waals surface area contributed by atoms with Gasteiger partial charge in [-0.1, -0.05) is 11.6 Å². The number of carbonyl (C=O) groups is 1. The van der Waals surface area contributed by atoms with Crippen molar-refractivity contribution in [3.05, 3.63) is 41.6 Å². The van der Waals surface area contributed by atoms with Crippen LogP contribution in [0.2, 0.25) is 5.02 Å². The molecule has 1 aliphatic carbocycles. The fourth-order valence-electron chi connectivity index (χ4n) is 4.59. The van der Waals surface area contributed by atoms with Crippen molar-refractivity contribution in [1.29, 1.82) is 0 Å². The molecule has 3 aromatic rings. The lowest BCUT2D eigenvalue weighted by molar-refractivity contribution is -0.135. The number of likely N-dealkylation sites (tertiary alicyclic amines) is 1. The number of nitrogens with zero attached hydrogens (tertiary/aromatic N) is 5. The van der Waals surface area contributed by atoms with E-state index in [-0.39, 0.29) is 17.0 Å². The third-order valence-corrected chi connectivity index (χ3v) is 6.68. The summed E-state index contributed by atoms with van der Waals surface area (Å²) in [6.07, 6.45) is 8.87. The number of halogens is 2. The van der Waals surface area contributed by atoms with Crippen molar-refractivity contribution in [2.75, 3.05) is 23.7 Å². The van der Waals surface area contributed by atoms with Crippen molar-refractivity contribution in [1.82, 2.24) is 24.8 Å². The molecule has 2 N–H and O–H groups in total. The molecule has 172 valence electrons. The van der Waals surface area contributed by atoms with E-state index in [4.69, 9.17) is 11.6 Å². The van der Waals surface area contributed by atoms with E-state index in [0.717, 1.165) is 51.6 Å². The summed E-state index contributed by atoms with van der Waals surface area (Å²) in [6.45, 7) is 1.81. The Kier molecular flexibility index (Phi) is 6.22. The first-order valence-corrected chi connectivity index (χ1v) is 11.7. The van der Waals surface area contributed by atoms with Gasteiger partial charge in [0.2, 0.25) is 11.9 Å². The van der Waals surface area contributed by atoms with E-state index in [9.17, 15) is 9.18 Å². The Bertz CT molecular complexity index is 1160. The van der Waals surface area contributed by atoms with E-state index < -0.39 is 5.82 Å². The van der Waals surface area contributed by atoms with Gasteiger partial charge in [0.15, 0.2) is 5.82 Å². The number of amides is 1. The van der Waals surface area contributed by atoms with Crippen molar-refractivity contribution in [3.8, 4) is 0 Å². The lowest BCUT2D eigenvalue weighted by Gasteiger charge is -2.30. The van der Waals surface area contributed by atoms with Crippen LogP contribution in [-0.2, 0) is 4.79 Å². The Hall–Kier alpha value is -3.07. The first-order valence-electron chi connectivity index (χ1n) is 11.3. The first kappa shape index (κ1) is 21.8. The number of hydrogen-bond donors (Lipinski definition) is 2. The van der Waals surface area contributed by atoms with Crippen molar-refractivity contribution in [2.24, 2.45) is 5.92 Å². The molecular weight excluding hydrogens is 445 g/mol. The molecule has 0 atom stereocenters. The molecule has 1 amide bonds. The van der Waals surface area contributed by atoms with Crippen LogP contribution in [0, 0.1) is 11.7 Å². The summed E-state index contributed by atoms with van der Waals surface area (Å²) in [6, 6.07) is 4.58. The van der Waals surface area contributed by atoms with Crippen molar-refractivity contribution < 1.29 is 9.18 Å². The molecule has 2 aliphatic rings. The number of carbonyl (C=O) groups excluding carboxylic acids is 1. The van der Waals surface area contributed by atoms with Crippen LogP contribution < -0.4 is 10.6 Å². The summed E-state index contributed by atoms with van der Waals surface area (Å²) in [5.74, 6) is 0.937. The average molecular weight is 470 g/mol. The molecule has 8 nitrogen and oxygen atoms in total. The van der Waals surface area contributed by atoms with E-state index in [1.54, 1.807) is 12.3 Å². The number of fused-ring (bicyclic) bond motifs is 1. The van der Waals surface area contributed by atoms with Gasteiger partial charge in [-0.2, -0.15) is 0 Å². The third kappa shape index (κ3) is 4.83. The Labute approximate surface area is 196 Å². The zero-order valence-electron chi connectivity index (χ0n) is 18.1. The van der Waals surface area contributed by atoms with Crippen LogP contribution >= 0.6 is 11.6 Å². The molecule has 33 heavy (non-hydrogen) atoms. The molecule has 0 unspecified atom stereocenters. The average Bonchev–Trinajstić information content (AvgIpc) is 3.37. The van der Waals surface area contributed by atoms with Gasteiger partial charge in [0, 0.05) is 30.7 Å². The molecule has 2 aromatic heterocycles. The van der Waals surface area contributed by atoms with E-state index in [2.05, 4.69) is 30.6 Å². The Morgan fingerprint density at radius 2 is 1.88 bits per heavy atom. The van der Waals surface area contributed by atoms with E-state index in [1.165, 1.54) is 18.5 Å². The van der Waals surface area contributed by atoms with Crippen LogP contribution in [0.25, 0.3) is 11.0 Å². The number of hydrogen-bond acceptors (Lipinski definition) is 7. The van der Waals surface area contributed by atoms with Gasteiger partial charge >= 0.3 is 0 Å². The fourth-order valence-corrected chi connectivity index (χ4v) is 4.77. The molecule has 2 fully saturated rings. The molecule has 0 bridgehead atoms. The summed E-state index contributed by atoms with van der Waals surface area (Å²) in [5.41, 5.74) is 1.73. The first-order chi connectivity index (χ1) is 16.1. The van der Waals surface area contributed by atoms with E-state index >= 15 is 0 Å². The molecule has 1 aromatic carbocycles. The van der Waals surface area contributed by atoms with Crippen molar-refractivity contribution in [3.63, 3.8) is 0 Å². The van der Waals surface area contributed by atoms with Gasteiger partial charge in [-0.3, -0.25) is 4.79 Å². The van der Waals surface area contributed by atoms with Crippen LogP contribution in [0.15, 0.2) is 30.7 Å². The number of nitrogens with one attached hydrogen (secondary N) is 2. The second-order valence-corrected chi connectivity index (χ2v) is 9.04. The quantitative estimate of drug-likeness (QED) is 0.565. The second-order valence-electron chi connectivity index (χ2n) is 8.63. The van der Waals surface area contributed by atoms with Gasteiger partial charge in [-0.25, -0.2) is 24.3 Å². The van der Waals surface area contributed by atoms with Gasteiger partial charge in [0.05, 0.1) is 11.2 Å². The molecule has 1 aliphatic heterocycles. The monoisotopic (exact) mass is 469 g/mol. The topological polar surface area (TPSA) is 95.9 Å². The maximum absolute atomic E-state index is 13.5. The fraction of sp³-hybridized carbons (Fsp3) is 0.435. The lowest BCUT2D eigenvalue weighted by Crippen LogP contribution is -2.37. The molecule has 5 rings (SSSR count). The predicted molar refractivity (Wildman–Crippen MR) is 125 cm³/mol.